The molecule has 2 heterocycles. The summed E-state index contributed by atoms with van der Waals surface area (Å²) in [6, 6.07) is 40.7. The van der Waals surface area contributed by atoms with Gasteiger partial charge in [-0.15, -0.1) is 0 Å². The van der Waals surface area contributed by atoms with Crippen molar-refractivity contribution >= 4 is 35.0 Å². The molecule has 6 aromatic rings. The van der Waals surface area contributed by atoms with Crippen molar-refractivity contribution < 1.29 is 38.4 Å². The van der Waals surface area contributed by atoms with Crippen molar-refractivity contribution in [3.63, 3.8) is 0 Å². The number of nitrogens with one attached hydrogen (secondary N) is 1. The first-order valence-electron chi connectivity index (χ1n) is 23.6. The van der Waals surface area contributed by atoms with Gasteiger partial charge in [-0.1, -0.05) is 49.4 Å². The summed E-state index contributed by atoms with van der Waals surface area (Å²) < 4.78 is 24.5. The largest absolute Gasteiger partial charge is 0.457 e. The molecule has 2 saturated heterocycles. The van der Waals surface area contributed by atoms with Gasteiger partial charge >= 0.3 is 0 Å². The molecule has 70 heavy (non-hydrogen) atoms. The molecule has 2 fully saturated rings. The highest BCUT2D eigenvalue weighted by Crippen LogP contribution is 2.38. The first-order valence-corrected chi connectivity index (χ1v) is 23.6. The third-order valence-corrected chi connectivity index (χ3v) is 12.6. The Kier molecular flexibility index (Phi) is 15.6. The lowest BCUT2D eigenvalue weighted by Gasteiger charge is -2.37. The molecule has 2 aliphatic heterocycles. The van der Waals surface area contributed by atoms with Crippen LogP contribution in [0.5, 0.6) is 46.0 Å². The van der Waals surface area contributed by atoms with Gasteiger partial charge in [0, 0.05) is 55.1 Å². The number of piperidine rings is 1. The number of amides is 2. The van der Waals surface area contributed by atoms with Crippen molar-refractivity contribution in [3.05, 3.63) is 174 Å². The summed E-state index contributed by atoms with van der Waals surface area (Å²) >= 11 is 0. The van der Waals surface area contributed by atoms with Crippen LogP contribution in [-0.4, -0.2) is 54.9 Å². The zero-order chi connectivity index (χ0) is 49.1. The van der Waals surface area contributed by atoms with Crippen LogP contribution in [0.25, 0.3) is 6.08 Å². The summed E-state index contributed by atoms with van der Waals surface area (Å²) in [6.45, 7) is 8.49. The number of primary amides is 1. The van der Waals surface area contributed by atoms with Gasteiger partial charge in [0.1, 0.15) is 52.2 Å². The molecule has 0 saturated carbocycles. The Hall–Kier alpha value is -7.87. The number of aliphatic hydroxyl groups is 1. The molecule has 360 valence electrons. The molecular weight excluding hydrogens is 883 g/mol. The Morgan fingerprint density at radius 2 is 1.34 bits per heavy atom. The fourth-order valence-electron chi connectivity index (χ4n) is 8.88. The van der Waals surface area contributed by atoms with Gasteiger partial charge in [0.15, 0.2) is 5.78 Å². The summed E-state index contributed by atoms with van der Waals surface area (Å²) in [5, 5.41) is 13.6. The van der Waals surface area contributed by atoms with E-state index in [2.05, 4.69) is 15.1 Å². The molecule has 0 spiro atoms. The van der Waals surface area contributed by atoms with E-state index in [-0.39, 0.29) is 35.1 Å². The highest BCUT2D eigenvalue weighted by atomic mass is 16.5. The summed E-state index contributed by atoms with van der Waals surface area (Å²) in [4.78, 5) is 42.7. The predicted molar refractivity (Wildman–Crippen MR) is 273 cm³/mol. The molecule has 2 aliphatic rings. The number of hydrogen-bond acceptors (Lipinski definition) is 11. The van der Waals surface area contributed by atoms with E-state index in [1.165, 1.54) is 6.08 Å². The van der Waals surface area contributed by atoms with Crippen molar-refractivity contribution in [2.24, 2.45) is 23.3 Å². The number of aryl methyl sites for hydroxylation is 1. The number of nitrogens with zero attached hydrogens (tertiary/aromatic N) is 2. The Balaban J connectivity index is 0.848. The van der Waals surface area contributed by atoms with Crippen LogP contribution in [0.4, 0.5) is 11.4 Å². The number of carbonyl (C=O) groups is 3. The zero-order valence-electron chi connectivity index (χ0n) is 39.6. The van der Waals surface area contributed by atoms with E-state index in [0.29, 0.717) is 58.9 Å². The highest BCUT2D eigenvalue weighted by molar-refractivity contribution is 5.97. The van der Waals surface area contributed by atoms with Gasteiger partial charge in [-0.05, 0) is 165 Å². The minimum atomic E-state index is -1.26. The summed E-state index contributed by atoms with van der Waals surface area (Å²) in [7, 11) is 0. The van der Waals surface area contributed by atoms with Crippen molar-refractivity contribution in [2.75, 3.05) is 36.0 Å². The van der Waals surface area contributed by atoms with Gasteiger partial charge in [0.2, 0.25) is 5.91 Å². The van der Waals surface area contributed by atoms with Crippen LogP contribution < -0.4 is 45.5 Å². The molecule has 0 aromatic heterocycles. The number of allylic oxidation sites excluding steroid dienone is 2. The molecule has 2 amide bonds. The first-order chi connectivity index (χ1) is 33.9. The van der Waals surface area contributed by atoms with Crippen LogP contribution in [-0.2, 0) is 9.59 Å². The molecule has 6 aromatic carbocycles. The number of nitrogens with two attached hydrogens (primary N) is 2. The maximum atomic E-state index is 13.6. The smallest absolute Gasteiger partial charge is 0.252 e. The summed E-state index contributed by atoms with van der Waals surface area (Å²) in [6.07, 6.45) is 8.04. The molecule has 4 unspecified atom stereocenters. The normalized spacial score (nSPS) is 16.8. The van der Waals surface area contributed by atoms with Crippen LogP contribution in [0.3, 0.4) is 0 Å². The lowest BCUT2D eigenvalue weighted by atomic mass is 9.83. The Bertz CT molecular complexity index is 2850. The predicted octanol–water partition coefficient (Wildman–Crippen LogP) is 10.6. The third-order valence-electron chi connectivity index (χ3n) is 12.6. The van der Waals surface area contributed by atoms with Crippen LogP contribution >= 0.6 is 0 Å². The fraction of sp³-hybridized carbons (Fsp3) is 0.246. The second-order valence-corrected chi connectivity index (χ2v) is 17.7. The lowest BCUT2D eigenvalue weighted by Crippen LogP contribution is -2.39. The average molecular weight is 942 g/mol. The number of ketones is 1. The van der Waals surface area contributed by atoms with Crippen LogP contribution in [0.1, 0.15) is 66.4 Å². The van der Waals surface area contributed by atoms with Crippen molar-refractivity contribution in [3.8, 4) is 46.0 Å². The number of aliphatic hydroxyl groups excluding tert-OH is 1. The van der Waals surface area contributed by atoms with Crippen LogP contribution in [0.2, 0.25) is 0 Å². The minimum absolute atomic E-state index is 0.00247. The number of rotatable bonds is 18. The quantitative estimate of drug-likeness (QED) is 0.0476. The van der Waals surface area contributed by atoms with Crippen LogP contribution in [0, 0.1) is 18.8 Å². The molecular formula is C57H59N5O8. The first kappa shape index (κ1) is 48.6. The molecule has 6 N–H and O–H groups in total. The van der Waals surface area contributed by atoms with E-state index >= 15 is 0 Å². The van der Waals surface area contributed by atoms with Crippen molar-refractivity contribution in [1.29, 1.82) is 0 Å². The minimum Gasteiger partial charge on any atom is -0.457 e. The maximum Gasteiger partial charge on any atom is 0.252 e. The summed E-state index contributed by atoms with van der Waals surface area (Å²) in [5.41, 5.74) is 15.9. The third kappa shape index (κ3) is 12.4. The van der Waals surface area contributed by atoms with Gasteiger partial charge in [-0.2, -0.15) is 0 Å². The van der Waals surface area contributed by atoms with E-state index in [0.717, 1.165) is 60.6 Å². The maximum absolute atomic E-state index is 13.6. The number of anilines is 2. The topological polar surface area (TPSA) is 179 Å². The standard InChI is InChI=1S/C57H59N5O8/c1-4-10-54(64)60-41-28-30-62(36-41)43-31-37(2)55(51(34-43)57(59)66)70-48-24-20-46(21-25-48)68-49-15-8-11-39(32-49)16-26-52(63)38(3)40-12-9-29-61(35-40)42-17-27-53(50(33-42)56(58)65)69-47-22-18-45(19-23-47)67-44-13-6-5-7-14-44/h4-8,10-11,13-27,31-34,38,40-41,56,65H,9,12,28-30,35-36,58H2,1-3H3,(H2,59,66)(H,60,64). The molecule has 4 atom stereocenters. The van der Waals surface area contributed by atoms with E-state index in [4.69, 9.17) is 30.4 Å². The molecule has 0 aliphatic carbocycles. The van der Waals surface area contributed by atoms with Gasteiger partial charge < -0.3 is 50.6 Å². The SMILES string of the molecule is CC=CC(=O)NC1CCN(c2cc(C)c(Oc3ccc(Oc4cccc(C=CC(=O)C(C)C5CCCN(c6ccc(Oc7ccc(Oc8ccccc8)cc7)c(C(N)O)c6)C5)c4)cc3)c(C(N)=O)c2)C1. The molecule has 13 heteroatoms. The zero-order valence-corrected chi connectivity index (χ0v) is 39.6. The van der Waals surface area contributed by atoms with Gasteiger partial charge in [0.05, 0.1) is 5.56 Å². The summed E-state index contributed by atoms with van der Waals surface area (Å²) in [5.74, 6) is 3.67. The van der Waals surface area contributed by atoms with E-state index in [1.54, 1.807) is 61.5 Å². The van der Waals surface area contributed by atoms with Crippen LogP contribution in [0.15, 0.2) is 152 Å². The number of benzene rings is 6. The Labute approximate surface area is 408 Å². The van der Waals surface area contributed by atoms with E-state index in [1.807, 2.05) is 111 Å². The van der Waals surface area contributed by atoms with E-state index in [9.17, 15) is 19.5 Å². The number of carbonyl (C=O) groups excluding carboxylic acids is 3. The monoisotopic (exact) mass is 941 g/mol. The van der Waals surface area contributed by atoms with Crippen molar-refractivity contribution in [2.45, 2.75) is 52.3 Å². The highest BCUT2D eigenvalue weighted by Gasteiger charge is 2.29. The second-order valence-electron chi connectivity index (χ2n) is 17.7. The number of ether oxygens (including phenoxy) is 4. The molecule has 8 rings (SSSR count). The lowest BCUT2D eigenvalue weighted by molar-refractivity contribution is -0.119. The molecule has 0 radical (unpaired) electrons. The number of hydrogen-bond donors (Lipinski definition) is 4. The number of para-hydroxylation sites is 1. The Morgan fingerprint density at radius 1 is 0.700 bits per heavy atom. The average Bonchev–Trinajstić information content (AvgIpc) is 3.83. The van der Waals surface area contributed by atoms with Gasteiger partial charge in [-0.25, -0.2) is 0 Å². The molecule has 0 bridgehead atoms. The fourth-order valence-corrected chi connectivity index (χ4v) is 8.88. The van der Waals surface area contributed by atoms with E-state index < -0.39 is 12.1 Å². The van der Waals surface area contributed by atoms with Gasteiger partial charge in [0.25, 0.3) is 5.91 Å². The second kappa shape index (κ2) is 22.5. The molecule has 13 nitrogen and oxygen atoms in total. The van der Waals surface area contributed by atoms with Gasteiger partial charge in [-0.3, -0.25) is 14.4 Å². The Morgan fingerprint density at radius 3 is 2.03 bits per heavy atom. The van der Waals surface area contributed by atoms with Crippen molar-refractivity contribution in [1.82, 2.24) is 5.32 Å².